The highest BCUT2D eigenvalue weighted by atomic mass is 16.6. The highest BCUT2D eigenvalue weighted by Crippen LogP contribution is 2.09. The van der Waals surface area contributed by atoms with Crippen molar-refractivity contribution in [3.8, 4) is 5.75 Å². The lowest BCUT2D eigenvalue weighted by Crippen LogP contribution is -2.36. The van der Waals surface area contributed by atoms with Crippen molar-refractivity contribution < 1.29 is 23.7 Å². The van der Waals surface area contributed by atoms with Crippen molar-refractivity contribution in [2.24, 2.45) is 0 Å². The molecule has 1 amide bonds. The van der Waals surface area contributed by atoms with Crippen molar-refractivity contribution in [2.75, 3.05) is 46.6 Å². The first kappa shape index (κ1) is 20.3. The van der Waals surface area contributed by atoms with E-state index in [4.69, 9.17) is 18.9 Å². The molecule has 1 rings (SSSR count). The van der Waals surface area contributed by atoms with E-state index in [0.29, 0.717) is 39.6 Å². The van der Waals surface area contributed by atoms with Gasteiger partial charge in [0.15, 0.2) is 0 Å². The van der Waals surface area contributed by atoms with Gasteiger partial charge < -0.3 is 23.8 Å². The zero-order valence-electron chi connectivity index (χ0n) is 15.1. The van der Waals surface area contributed by atoms with Crippen LogP contribution in [0.4, 0.5) is 4.79 Å². The summed E-state index contributed by atoms with van der Waals surface area (Å²) in [5, 5.41) is 0. The van der Waals surface area contributed by atoms with E-state index in [-0.39, 0.29) is 6.09 Å². The molecule has 0 fully saturated rings. The van der Waals surface area contributed by atoms with E-state index in [0.717, 1.165) is 5.75 Å². The standard InChI is InChI=1S/C18H29NO5/c1-18(2,3)24-17(20)19(4)10-11-21-12-13-22-14-15-23-16-8-6-5-7-9-16/h5-9H,10-15H2,1-4H3. The van der Waals surface area contributed by atoms with Crippen LogP contribution in [-0.2, 0) is 14.2 Å². The molecule has 0 atom stereocenters. The Labute approximate surface area is 144 Å². The monoisotopic (exact) mass is 339 g/mol. The van der Waals surface area contributed by atoms with Gasteiger partial charge in [-0.05, 0) is 32.9 Å². The summed E-state index contributed by atoms with van der Waals surface area (Å²) in [4.78, 5) is 13.2. The predicted molar refractivity (Wildman–Crippen MR) is 92.4 cm³/mol. The van der Waals surface area contributed by atoms with E-state index in [1.807, 2.05) is 51.1 Å². The van der Waals surface area contributed by atoms with Crippen molar-refractivity contribution >= 4 is 6.09 Å². The fourth-order valence-corrected chi connectivity index (χ4v) is 1.69. The molecule has 6 nitrogen and oxygen atoms in total. The highest BCUT2D eigenvalue weighted by Gasteiger charge is 2.19. The molecule has 0 unspecified atom stereocenters. The molecule has 136 valence electrons. The fourth-order valence-electron chi connectivity index (χ4n) is 1.69. The summed E-state index contributed by atoms with van der Waals surface area (Å²) in [5.41, 5.74) is -0.484. The first-order valence-electron chi connectivity index (χ1n) is 8.16. The molecule has 0 aliphatic rings. The second kappa shape index (κ2) is 10.9. The molecule has 0 radical (unpaired) electrons. The Bertz CT molecular complexity index is 458. The molecule has 0 N–H and O–H groups in total. The molecule has 0 saturated heterocycles. The van der Waals surface area contributed by atoms with Gasteiger partial charge in [0, 0.05) is 13.6 Å². The summed E-state index contributed by atoms with van der Waals surface area (Å²) in [6, 6.07) is 9.62. The summed E-state index contributed by atoms with van der Waals surface area (Å²) < 4.78 is 21.6. The molecular formula is C18H29NO5. The Kier molecular flexibility index (Phi) is 9.19. The zero-order chi connectivity index (χ0) is 17.8. The number of rotatable bonds is 10. The van der Waals surface area contributed by atoms with Crippen LogP contribution in [0.3, 0.4) is 0 Å². The van der Waals surface area contributed by atoms with Crippen molar-refractivity contribution in [2.45, 2.75) is 26.4 Å². The lowest BCUT2D eigenvalue weighted by molar-refractivity contribution is 0.0134. The molecule has 6 heteroatoms. The average molecular weight is 339 g/mol. The van der Waals surface area contributed by atoms with E-state index in [9.17, 15) is 4.79 Å². The zero-order valence-corrected chi connectivity index (χ0v) is 15.1. The first-order chi connectivity index (χ1) is 11.4. The van der Waals surface area contributed by atoms with Gasteiger partial charge in [-0.3, -0.25) is 0 Å². The maximum absolute atomic E-state index is 11.7. The van der Waals surface area contributed by atoms with Gasteiger partial charge in [0.05, 0.1) is 26.4 Å². The molecule has 0 aliphatic heterocycles. The number of para-hydroxylation sites is 1. The minimum atomic E-state index is -0.484. The van der Waals surface area contributed by atoms with Crippen molar-refractivity contribution in [3.63, 3.8) is 0 Å². The van der Waals surface area contributed by atoms with E-state index in [2.05, 4.69) is 0 Å². The molecule has 1 aromatic carbocycles. The second-order valence-electron chi connectivity index (χ2n) is 6.29. The third-order valence-electron chi connectivity index (χ3n) is 2.89. The Balaban J connectivity index is 1.94. The molecule has 0 spiro atoms. The van der Waals surface area contributed by atoms with Crippen molar-refractivity contribution in [3.05, 3.63) is 30.3 Å². The second-order valence-corrected chi connectivity index (χ2v) is 6.29. The smallest absolute Gasteiger partial charge is 0.410 e. The van der Waals surface area contributed by atoms with Gasteiger partial charge in [-0.1, -0.05) is 18.2 Å². The van der Waals surface area contributed by atoms with Crippen LogP contribution >= 0.6 is 0 Å². The molecule has 24 heavy (non-hydrogen) atoms. The number of carbonyl (C=O) groups excluding carboxylic acids is 1. The summed E-state index contributed by atoms with van der Waals surface area (Å²) >= 11 is 0. The molecule has 0 aliphatic carbocycles. The molecule has 1 aromatic rings. The average Bonchev–Trinajstić information content (AvgIpc) is 2.52. The van der Waals surface area contributed by atoms with Gasteiger partial charge in [-0.15, -0.1) is 0 Å². The number of likely N-dealkylation sites (N-methyl/N-ethyl adjacent to an activating group) is 1. The normalized spacial score (nSPS) is 11.2. The van der Waals surface area contributed by atoms with Crippen molar-refractivity contribution in [1.82, 2.24) is 4.90 Å². The van der Waals surface area contributed by atoms with Crippen LogP contribution in [0.1, 0.15) is 20.8 Å². The predicted octanol–water partition coefficient (Wildman–Crippen LogP) is 2.97. The lowest BCUT2D eigenvalue weighted by Gasteiger charge is -2.24. The maximum atomic E-state index is 11.7. The third-order valence-corrected chi connectivity index (χ3v) is 2.89. The molecule has 0 aromatic heterocycles. The van der Waals surface area contributed by atoms with Gasteiger partial charge in [-0.2, -0.15) is 0 Å². The van der Waals surface area contributed by atoms with E-state index in [1.165, 1.54) is 4.90 Å². The van der Waals surface area contributed by atoms with Crippen LogP contribution in [0, 0.1) is 0 Å². The van der Waals surface area contributed by atoms with Gasteiger partial charge >= 0.3 is 6.09 Å². The first-order valence-corrected chi connectivity index (χ1v) is 8.16. The van der Waals surface area contributed by atoms with Crippen LogP contribution in [0.25, 0.3) is 0 Å². The van der Waals surface area contributed by atoms with E-state index >= 15 is 0 Å². The SMILES string of the molecule is CN(CCOCCOCCOc1ccccc1)C(=O)OC(C)(C)C. The van der Waals surface area contributed by atoms with Crippen LogP contribution in [0.5, 0.6) is 5.75 Å². The minimum Gasteiger partial charge on any atom is -0.491 e. The summed E-state index contributed by atoms with van der Waals surface area (Å²) in [7, 11) is 1.69. The number of benzene rings is 1. The highest BCUT2D eigenvalue weighted by molar-refractivity contribution is 5.67. The van der Waals surface area contributed by atoms with Crippen LogP contribution in [0.15, 0.2) is 30.3 Å². The fraction of sp³-hybridized carbons (Fsp3) is 0.611. The van der Waals surface area contributed by atoms with E-state index in [1.54, 1.807) is 7.05 Å². The number of nitrogens with zero attached hydrogens (tertiary/aromatic N) is 1. The van der Waals surface area contributed by atoms with Crippen LogP contribution < -0.4 is 4.74 Å². The third kappa shape index (κ3) is 10.1. The summed E-state index contributed by atoms with van der Waals surface area (Å²) in [6.07, 6.45) is -0.347. The minimum absolute atomic E-state index is 0.347. The molecule has 0 saturated carbocycles. The number of carbonyl (C=O) groups is 1. The maximum Gasteiger partial charge on any atom is 0.410 e. The topological polar surface area (TPSA) is 57.2 Å². The Morgan fingerprint density at radius 3 is 2.17 bits per heavy atom. The summed E-state index contributed by atoms with van der Waals surface area (Å²) in [6.45, 7) is 8.44. The van der Waals surface area contributed by atoms with E-state index < -0.39 is 5.60 Å². The largest absolute Gasteiger partial charge is 0.491 e. The van der Waals surface area contributed by atoms with Gasteiger partial charge in [0.2, 0.25) is 0 Å². The van der Waals surface area contributed by atoms with Gasteiger partial charge in [0.25, 0.3) is 0 Å². The quantitative estimate of drug-likeness (QED) is 0.614. The summed E-state index contributed by atoms with van der Waals surface area (Å²) in [5.74, 6) is 0.836. The number of hydrogen-bond acceptors (Lipinski definition) is 5. The van der Waals surface area contributed by atoms with Crippen LogP contribution in [-0.4, -0.2) is 63.2 Å². The van der Waals surface area contributed by atoms with Crippen LogP contribution in [0.2, 0.25) is 0 Å². The van der Waals surface area contributed by atoms with Gasteiger partial charge in [0.1, 0.15) is 18.0 Å². The lowest BCUT2D eigenvalue weighted by atomic mass is 10.2. The molecule has 0 bridgehead atoms. The number of hydrogen-bond donors (Lipinski definition) is 0. The van der Waals surface area contributed by atoms with Gasteiger partial charge in [-0.25, -0.2) is 4.79 Å². The number of amides is 1. The number of ether oxygens (including phenoxy) is 4. The molecule has 0 heterocycles. The molecular weight excluding hydrogens is 310 g/mol. The Morgan fingerprint density at radius 1 is 0.958 bits per heavy atom. The Hall–Kier alpha value is -1.79. The Morgan fingerprint density at radius 2 is 1.54 bits per heavy atom. The van der Waals surface area contributed by atoms with Crippen molar-refractivity contribution in [1.29, 1.82) is 0 Å².